The molecule has 14 heteroatoms. The Kier molecular flexibility index (Phi) is 42.1. The Hall–Kier alpha value is -0.700. The van der Waals surface area contributed by atoms with Crippen molar-refractivity contribution in [3.8, 4) is 0 Å². The number of aliphatic hydroxyl groups excluding tert-OH is 7. The fraction of sp³-hybridized carbons (Fsp3) is 0.981. The van der Waals surface area contributed by atoms with E-state index < -0.39 is 75.2 Å². The Labute approximate surface area is 415 Å². The lowest BCUT2D eigenvalue weighted by Crippen LogP contribution is -2.64. The van der Waals surface area contributed by atoms with Gasteiger partial charge in [-0.1, -0.05) is 258 Å². The number of carbonyl (C=O) groups is 1. The van der Waals surface area contributed by atoms with E-state index in [1.807, 2.05) is 0 Å². The van der Waals surface area contributed by atoms with Crippen LogP contribution in [0.3, 0.4) is 0 Å². The molecular formula is C54H108NO12P. The van der Waals surface area contributed by atoms with Crippen molar-refractivity contribution < 1.29 is 59.0 Å². The molecule has 8 atom stereocenters. The number of rotatable bonds is 49. The Balaban J connectivity index is 2.39. The van der Waals surface area contributed by atoms with E-state index in [1.165, 1.54) is 186 Å². The summed E-state index contributed by atoms with van der Waals surface area (Å²) in [6.07, 6.45) is 34.3. The van der Waals surface area contributed by atoms with Gasteiger partial charge in [-0.2, -0.15) is 0 Å². The van der Waals surface area contributed by atoms with E-state index in [0.717, 1.165) is 51.4 Å². The van der Waals surface area contributed by atoms with Gasteiger partial charge < -0.3 is 46.0 Å². The van der Waals surface area contributed by atoms with Gasteiger partial charge in [0.25, 0.3) is 0 Å². The highest BCUT2D eigenvalue weighted by Crippen LogP contribution is 2.47. The lowest BCUT2D eigenvalue weighted by Gasteiger charge is -2.41. The lowest BCUT2D eigenvalue weighted by molar-refractivity contribution is -0.220. The van der Waals surface area contributed by atoms with Gasteiger partial charge in [0.2, 0.25) is 5.91 Å². The molecule has 0 heterocycles. The number of phosphoric acid groups is 1. The molecule has 0 spiro atoms. The van der Waals surface area contributed by atoms with Crippen LogP contribution in [-0.2, 0) is 18.4 Å². The summed E-state index contributed by atoms with van der Waals surface area (Å²) in [6.45, 7) is 3.85. The van der Waals surface area contributed by atoms with E-state index in [2.05, 4.69) is 19.2 Å². The Bertz CT molecular complexity index is 1170. The maximum atomic E-state index is 13.1. The van der Waals surface area contributed by atoms with Crippen LogP contribution in [0.25, 0.3) is 0 Å². The molecule has 1 fully saturated rings. The largest absolute Gasteiger partial charge is 0.472 e. The molecule has 406 valence electrons. The highest BCUT2D eigenvalue weighted by Gasteiger charge is 2.51. The first-order valence-corrected chi connectivity index (χ1v) is 30.1. The van der Waals surface area contributed by atoms with E-state index in [4.69, 9.17) is 9.05 Å². The van der Waals surface area contributed by atoms with E-state index >= 15 is 0 Å². The zero-order valence-corrected chi connectivity index (χ0v) is 44.4. The zero-order valence-electron chi connectivity index (χ0n) is 43.6. The average Bonchev–Trinajstić information content (AvgIpc) is 3.31. The van der Waals surface area contributed by atoms with E-state index in [0.29, 0.717) is 12.8 Å². The van der Waals surface area contributed by atoms with Crippen molar-refractivity contribution in [2.24, 2.45) is 0 Å². The monoisotopic (exact) mass is 994 g/mol. The maximum Gasteiger partial charge on any atom is 0.472 e. The molecule has 0 saturated heterocycles. The van der Waals surface area contributed by atoms with Crippen LogP contribution in [0.5, 0.6) is 0 Å². The number of hydrogen-bond donors (Lipinski definition) is 9. The fourth-order valence-electron chi connectivity index (χ4n) is 9.60. The highest BCUT2D eigenvalue weighted by molar-refractivity contribution is 7.47. The third-order valence-corrected chi connectivity index (χ3v) is 15.2. The summed E-state index contributed by atoms with van der Waals surface area (Å²) in [5.74, 6) is -0.553. The molecular weight excluding hydrogens is 886 g/mol. The fourth-order valence-corrected chi connectivity index (χ4v) is 10.6. The van der Waals surface area contributed by atoms with Crippen molar-refractivity contribution in [1.82, 2.24) is 5.32 Å². The van der Waals surface area contributed by atoms with Gasteiger partial charge in [0.1, 0.15) is 36.6 Å². The lowest BCUT2D eigenvalue weighted by atomic mass is 9.85. The van der Waals surface area contributed by atoms with Gasteiger partial charge in [0, 0.05) is 0 Å². The first-order chi connectivity index (χ1) is 32.8. The van der Waals surface area contributed by atoms with Crippen molar-refractivity contribution in [2.75, 3.05) is 6.61 Å². The molecule has 0 aromatic carbocycles. The normalized spacial score (nSPS) is 22.0. The summed E-state index contributed by atoms with van der Waals surface area (Å²) in [6, 6.07) is -1.15. The van der Waals surface area contributed by atoms with Gasteiger partial charge in [0.15, 0.2) is 0 Å². The van der Waals surface area contributed by atoms with E-state index in [1.54, 1.807) is 0 Å². The number of phosphoric ester groups is 1. The van der Waals surface area contributed by atoms with E-state index in [-0.39, 0.29) is 12.8 Å². The van der Waals surface area contributed by atoms with Crippen LogP contribution < -0.4 is 5.32 Å². The molecule has 9 N–H and O–H groups in total. The molecule has 1 amide bonds. The quantitative estimate of drug-likeness (QED) is 0.0205. The third-order valence-electron chi connectivity index (χ3n) is 14.2. The second kappa shape index (κ2) is 43.8. The minimum atomic E-state index is -5.12. The van der Waals surface area contributed by atoms with Gasteiger partial charge in [-0.15, -0.1) is 0 Å². The predicted octanol–water partition coefficient (Wildman–Crippen LogP) is 11.5. The number of hydrogen-bond acceptors (Lipinski definition) is 11. The van der Waals surface area contributed by atoms with Crippen LogP contribution in [0.4, 0.5) is 0 Å². The smallest absolute Gasteiger partial charge is 0.393 e. The standard InChI is InChI=1S/C54H108NO12P/c1-3-5-7-9-11-13-15-17-19-21-23-24-25-27-29-31-33-35-37-39-41-45(56)43-48(58)55-46(44-66-68(64,65)67-54-52(62)50(60)49(59)51(61)53(54)63)47(57)42-40-38-36-34-32-30-28-26-22-20-18-16-14-12-10-8-6-4-2/h45-47,49-54,56-57,59-63H,3-44H2,1-2H3,(H,55,58)(H,64,65). The minimum absolute atomic E-state index is 0.215. The van der Waals surface area contributed by atoms with E-state index in [9.17, 15) is 50.0 Å². The van der Waals surface area contributed by atoms with Crippen molar-refractivity contribution in [1.29, 1.82) is 0 Å². The molecule has 0 aliphatic heterocycles. The Morgan fingerprint density at radius 1 is 0.456 bits per heavy atom. The van der Waals surface area contributed by atoms with Crippen LogP contribution in [0, 0.1) is 0 Å². The molecule has 0 bridgehead atoms. The average molecular weight is 994 g/mol. The van der Waals surface area contributed by atoms with Crippen molar-refractivity contribution in [3.05, 3.63) is 0 Å². The SMILES string of the molecule is CCCCCCCCCCCCCCCCCCCCCCC(O)CC(=O)NC(COP(=O)(O)OC1C(O)C(O)C(O)C(O)C1O)C(O)CCCCCCCCCCCCCCCCCCCC. The van der Waals surface area contributed by atoms with Crippen molar-refractivity contribution in [2.45, 2.75) is 332 Å². The molecule has 0 radical (unpaired) electrons. The van der Waals surface area contributed by atoms with Gasteiger partial charge in [-0.05, 0) is 12.8 Å². The molecule has 1 aliphatic carbocycles. The Morgan fingerprint density at radius 2 is 0.735 bits per heavy atom. The van der Waals surface area contributed by atoms with Gasteiger partial charge in [0.05, 0.1) is 31.3 Å². The number of unbranched alkanes of at least 4 members (excludes halogenated alkanes) is 36. The topological polar surface area (TPSA) is 226 Å². The second-order valence-corrected chi connectivity index (χ2v) is 22.1. The van der Waals surface area contributed by atoms with Crippen LogP contribution in [0.1, 0.15) is 277 Å². The van der Waals surface area contributed by atoms with Crippen LogP contribution in [0.15, 0.2) is 0 Å². The molecule has 8 unspecified atom stereocenters. The van der Waals surface area contributed by atoms with Crippen LogP contribution in [-0.4, -0.2) is 108 Å². The number of aliphatic hydroxyl groups is 7. The molecule has 0 aromatic heterocycles. The highest BCUT2D eigenvalue weighted by atomic mass is 31.2. The van der Waals surface area contributed by atoms with Crippen LogP contribution >= 0.6 is 7.82 Å². The summed E-state index contributed by atoms with van der Waals surface area (Å²) in [7, 11) is -5.12. The minimum Gasteiger partial charge on any atom is -0.393 e. The second-order valence-electron chi connectivity index (χ2n) is 20.7. The summed E-state index contributed by atoms with van der Waals surface area (Å²) in [5.41, 5.74) is 0. The van der Waals surface area contributed by atoms with Gasteiger partial charge in [-0.25, -0.2) is 4.57 Å². The summed E-state index contributed by atoms with van der Waals surface area (Å²) >= 11 is 0. The first kappa shape index (κ1) is 65.3. The summed E-state index contributed by atoms with van der Waals surface area (Å²) in [4.78, 5) is 23.6. The Morgan fingerprint density at radius 3 is 1.06 bits per heavy atom. The summed E-state index contributed by atoms with van der Waals surface area (Å²) < 4.78 is 23.1. The van der Waals surface area contributed by atoms with Crippen molar-refractivity contribution >= 4 is 13.7 Å². The van der Waals surface area contributed by atoms with Crippen LogP contribution in [0.2, 0.25) is 0 Å². The first-order valence-electron chi connectivity index (χ1n) is 28.6. The molecule has 1 aliphatic rings. The van der Waals surface area contributed by atoms with Gasteiger partial charge in [-0.3, -0.25) is 13.8 Å². The molecule has 13 nitrogen and oxygen atoms in total. The van der Waals surface area contributed by atoms with Crippen molar-refractivity contribution in [3.63, 3.8) is 0 Å². The number of carbonyl (C=O) groups excluding carboxylic acids is 1. The maximum absolute atomic E-state index is 13.1. The molecule has 1 saturated carbocycles. The predicted molar refractivity (Wildman–Crippen MR) is 275 cm³/mol. The zero-order chi connectivity index (χ0) is 50.1. The number of nitrogens with one attached hydrogen (secondary N) is 1. The summed E-state index contributed by atoms with van der Waals surface area (Å²) in [5, 5.41) is 75.0. The number of amides is 1. The molecule has 68 heavy (non-hydrogen) atoms. The third kappa shape index (κ3) is 34.6. The van der Waals surface area contributed by atoms with Gasteiger partial charge >= 0.3 is 7.82 Å². The molecule has 0 aromatic rings. The molecule has 1 rings (SSSR count).